The Hall–Kier alpha value is -3.10. The number of likely N-dealkylation sites (tertiary alicyclic amines) is 1. The van der Waals surface area contributed by atoms with Crippen LogP contribution in [0, 0.1) is 17.8 Å². The van der Waals surface area contributed by atoms with Crippen molar-refractivity contribution in [2.75, 3.05) is 55.1 Å². The lowest BCUT2D eigenvalue weighted by Crippen LogP contribution is -2.59. The van der Waals surface area contributed by atoms with Crippen LogP contribution in [0.1, 0.15) is 72.3 Å². The number of likely N-dealkylation sites (N-methyl/N-ethyl adjacent to an activating group) is 2. The monoisotopic (exact) mass is 733 g/mol. The lowest BCUT2D eigenvalue weighted by Gasteiger charge is -2.41. The van der Waals surface area contributed by atoms with Crippen molar-refractivity contribution in [3.63, 3.8) is 0 Å². The van der Waals surface area contributed by atoms with E-state index >= 15 is 0 Å². The van der Waals surface area contributed by atoms with Gasteiger partial charge in [-0.3, -0.25) is 24.1 Å². The van der Waals surface area contributed by atoms with Crippen molar-refractivity contribution < 1.29 is 38.9 Å². The molecular weight excluding hydrogens is 666 g/mol. The third kappa shape index (κ3) is 12.2. The van der Waals surface area contributed by atoms with Gasteiger partial charge in [-0.25, -0.2) is 0 Å². The molecule has 0 aliphatic carbocycles. The molecule has 1 heterocycles. The van der Waals surface area contributed by atoms with Crippen LogP contribution in [0.3, 0.4) is 0 Å². The summed E-state index contributed by atoms with van der Waals surface area (Å²) in [4.78, 5) is 59.9. The van der Waals surface area contributed by atoms with Crippen LogP contribution in [0.4, 0.5) is 0 Å². The smallest absolute Gasteiger partial charge is 0.245 e. The number of nitrogens with one attached hydrogen (secondary N) is 2. The quantitative estimate of drug-likeness (QED) is 0.140. The second-order valence-corrected chi connectivity index (χ2v) is 14.9. The minimum absolute atomic E-state index is 0.0121. The molecule has 2 rings (SSSR count). The van der Waals surface area contributed by atoms with Gasteiger partial charge in [0.25, 0.3) is 0 Å². The van der Waals surface area contributed by atoms with Crippen LogP contribution in [0.25, 0.3) is 0 Å². The first kappa shape index (κ1) is 45.1. The maximum absolute atomic E-state index is 14.1. The lowest BCUT2D eigenvalue weighted by molar-refractivity contribution is -0.148. The fourth-order valence-corrected chi connectivity index (χ4v) is 7.38. The third-order valence-corrected chi connectivity index (χ3v) is 10.7. The largest absolute Gasteiger partial charge is 0.396 e. The molecule has 1 aromatic carbocycles. The zero-order valence-electron chi connectivity index (χ0n) is 33.2. The van der Waals surface area contributed by atoms with E-state index in [4.69, 9.17) is 9.47 Å². The molecule has 0 saturated carbocycles. The van der Waals surface area contributed by atoms with Crippen molar-refractivity contribution in [2.24, 2.45) is 17.8 Å². The van der Waals surface area contributed by atoms with E-state index in [0.717, 1.165) is 12.0 Å². The van der Waals surface area contributed by atoms with E-state index in [0.29, 0.717) is 32.2 Å². The van der Waals surface area contributed by atoms with E-state index in [1.54, 1.807) is 50.1 Å². The molecule has 0 aromatic heterocycles. The van der Waals surface area contributed by atoms with Gasteiger partial charge in [0.1, 0.15) is 12.1 Å². The fraction of sp³-hybridized carbons (Fsp3) is 0.744. The van der Waals surface area contributed by atoms with E-state index in [1.165, 1.54) is 0 Å². The number of carbonyl (C=O) groups excluding carboxylic acids is 4. The topological polar surface area (TPSA) is 161 Å². The molecule has 4 N–H and O–H groups in total. The molecule has 52 heavy (non-hydrogen) atoms. The summed E-state index contributed by atoms with van der Waals surface area (Å²) in [6.07, 6.45) is 1.95. The van der Waals surface area contributed by atoms with Crippen molar-refractivity contribution in [3.05, 3.63) is 35.9 Å². The van der Waals surface area contributed by atoms with E-state index in [1.807, 2.05) is 65.0 Å². The molecule has 296 valence electrons. The van der Waals surface area contributed by atoms with Crippen molar-refractivity contribution in [2.45, 2.75) is 116 Å². The summed E-state index contributed by atoms with van der Waals surface area (Å²) >= 11 is 0. The summed E-state index contributed by atoms with van der Waals surface area (Å²) < 4.78 is 11.9. The minimum Gasteiger partial charge on any atom is -0.396 e. The van der Waals surface area contributed by atoms with Gasteiger partial charge >= 0.3 is 0 Å². The van der Waals surface area contributed by atoms with Gasteiger partial charge in [0.05, 0.1) is 43.2 Å². The SMILES string of the molecule is CC[C@H](C)[C@@H]([C@@H](CC(=O)N1CCC[C@H]1[C@H](OC)[C@@H](C)C(=O)NC(CCO)Cc1ccccc1)OC)N(C)C(=O)[C@@H](NC(=O)[C@H](CO)N(C)C)C(C)C. The Bertz CT molecular complexity index is 1250. The van der Waals surface area contributed by atoms with E-state index < -0.39 is 42.2 Å². The van der Waals surface area contributed by atoms with Crippen LogP contribution in [-0.2, 0) is 35.1 Å². The second-order valence-electron chi connectivity index (χ2n) is 14.9. The summed E-state index contributed by atoms with van der Waals surface area (Å²) in [6.45, 7) is 9.62. The molecule has 9 atom stereocenters. The standard InChI is InChI=1S/C39H67N5O8/c1-11-26(4)35(43(8)39(50)34(25(2)3)41-38(49)31(24-46)42(6)7)32(51-9)23-33(47)44-20-15-18-30(44)36(52-10)27(5)37(48)40-29(19-21-45)22-28-16-13-12-14-17-28/h12-14,16-17,25-27,29-32,34-36,45-46H,11,15,18-24H2,1-10H3,(H,40,48)(H,41,49)/t26-,27+,29?,30-,31-,32+,34-,35-,36+/m0/s1. The first-order valence-electron chi connectivity index (χ1n) is 18.8. The zero-order chi connectivity index (χ0) is 39.1. The number of aliphatic hydroxyl groups excluding tert-OH is 2. The third-order valence-electron chi connectivity index (χ3n) is 10.7. The molecule has 1 aromatic rings. The molecular formula is C39H67N5O8. The predicted octanol–water partition coefficient (Wildman–Crippen LogP) is 2.08. The first-order chi connectivity index (χ1) is 24.7. The molecule has 1 aliphatic rings. The Morgan fingerprint density at radius 1 is 0.962 bits per heavy atom. The second kappa shape index (κ2) is 22.2. The average molecular weight is 734 g/mol. The highest BCUT2D eigenvalue weighted by atomic mass is 16.5. The molecule has 13 heteroatoms. The molecule has 0 bridgehead atoms. The lowest BCUT2D eigenvalue weighted by atomic mass is 9.89. The highest BCUT2D eigenvalue weighted by molar-refractivity contribution is 5.90. The number of hydrogen-bond donors (Lipinski definition) is 4. The van der Waals surface area contributed by atoms with Gasteiger partial charge in [0.2, 0.25) is 23.6 Å². The van der Waals surface area contributed by atoms with Crippen LogP contribution in [0.5, 0.6) is 0 Å². The maximum Gasteiger partial charge on any atom is 0.245 e. The number of hydrogen-bond acceptors (Lipinski definition) is 9. The fourth-order valence-electron chi connectivity index (χ4n) is 7.38. The number of ether oxygens (including phenoxy) is 2. The molecule has 4 amide bonds. The number of rotatable bonds is 22. The van der Waals surface area contributed by atoms with Gasteiger partial charge in [-0.15, -0.1) is 0 Å². The van der Waals surface area contributed by atoms with E-state index in [-0.39, 0.29) is 61.3 Å². The van der Waals surface area contributed by atoms with Crippen LogP contribution in [0.2, 0.25) is 0 Å². The summed E-state index contributed by atoms with van der Waals surface area (Å²) in [5, 5.41) is 25.4. The van der Waals surface area contributed by atoms with Gasteiger partial charge in [-0.2, -0.15) is 0 Å². The molecule has 1 unspecified atom stereocenters. The summed E-state index contributed by atoms with van der Waals surface area (Å²) in [5.74, 6) is -1.95. The Kier molecular flexibility index (Phi) is 19.2. The van der Waals surface area contributed by atoms with Crippen molar-refractivity contribution in [3.8, 4) is 0 Å². The van der Waals surface area contributed by atoms with Crippen LogP contribution < -0.4 is 10.6 Å². The first-order valence-corrected chi connectivity index (χ1v) is 18.8. The Morgan fingerprint density at radius 2 is 1.62 bits per heavy atom. The van der Waals surface area contributed by atoms with Gasteiger partial charge in [-0.1, -0.05) is 71.4 Å². The van der Waals surface area contributed by atoms with Crippen molar-refractivity contribution in [1.82, 2.24) is 25.3 Å². The number of aliphatic hydroxyl groups is 2. The molecule has 1 aliphatic heterocycles. The Morgan fingerprint density at radius 3 is 2.13 bits per heavy atom. The minimum atomic E-state index is -0.853. The van der Waals surface area contributed by atoms with E-state index in [2.05, 4.69) is 10.6 Å². The number of methoxy groups -OCH3 is 2. The number of carbonyl (C=O) groups is 4. The number of benzene rings is 1. The molecule has 0 spiro atoms. The van der Waals surface area contributed by atoms with Crippen LogP contribution >= 0.6 is 0 Å². The maximum atomic E-state index is 14.1. The Labute approximate surface area is 311 Å². The predicted molar refractivity (Wildman–Crippen MR) is 201 cm³/mol. The van der Waals surface area contributed by atoms with Gasteiger partial charge in [-0.05, 0) is 57.2 Å². The van der Waals surface area contributed by atoms with Crippen LogP contribution in [-0.4, -0.2) is 146 Å². The highest BCUT2D eigenvalue weighted by Gasteiger charge is 2.43. The normalized spacial score (nSPS) is 19.3. The van der Waals surface area contributed by atoms with Gasteiger partial charge in [0.15, 0.2) is 0 Å². The Balaban J connectivity index is 2.25. The average Bonchev–Trinajstić information content (AvgIpc) is 3.60. The van der Waals surface area contributed by atoms with Gasteiger partial charge < -0.3 is 40.1 Å². The summed E-state index contributed by atoms with van der Waals surface area (Å²) in [5.41, 5.74) is 1.06. The van der Waals surface area contributed by atoms with E-state index in [9.17, 15) is 29.4 Å². The highest BCUT2D eigenvalue weighted by Crippen LogP contribution is 2.30. The molecule has 1 fully saturated rings. The van der Waals surface area contributed by atoms with Crippen molar-refractivity contribution >= 4 is 23.6 Å². The molecule has 1 saturated heterocycles. The zero-order valence-corrected chi connectivity index (χ0v) is 33.2. The van der Waals surface area contributed by atoms with Crippen molar-refractivity contribution in [1.29, 1.82) is 0 Å². The number of nitrogens with zero attached hydrogens (tertiary/aromatic N) is 3. The van der Waals surface area contributed by atoms with Gasteiger partial charge in [0, 0.05) is 40.5 Å². The molecule has 13 nitrogen and oxygen atoms in total. The van der Waals surface area contributed by atoms with Crippen LogP contribution in [0.15, 0.2) is 30.3 Å². The number of amides is 4. The summed E-state index contributed by atoms with van der Waals surface area (Å²) in [6, 6.07) is 7.09. The summed E-state index contributed by atoms with van der Waals surface area (Å²) in [7, 11) is 8.17. The molecule has 0 radical (unpaired) electrons.